The maximum absolute atomic E-state index is 13.1. The van der Waals surface area contributed by atoms with Gasteiger partial charge in [-0.3, -0.25) is 0 Å². The Morgan fingerprint density at radius 1 is 1.16 bits per heavy atom. The highest BCUT2D eigenvalue weighted by atomic mass is 35.5. The first kappa shape index (κ1) is 14.0. The molecule has 0 heterocycles. The van der Waals surface area contributed by atoms with E-state index in [1.54, 1.807) is 6.07 Å². The normalized spacial score (nSPS) is 12.4. The third-order valence-corrected chi connectivity index (χ3v) is 3.40. The van der Waals surface area contributed by atoms with Crippen LogP contribution in [0.15, 0.2) is 48.5 Å². The maximum atomic E-state index is 13.1. The molecule has 2 aromatic rings. The summed E-state index contributed by atoms with van der Waals surface area (Å²) in [5.74, 6) is -0.253. The molecule has 0 radical (unpaired) electrons. The second kappa shape index (κ2) is 6.69. The van der Waals surface area contributed by atoms with Crippen molar-refractivity contribution in [2.24, 2.45) is 0 Å². The molecule has 100 valence electrons. The van der Waals surface area contributed by atoms with E-state index in [0.717, 1.165) is 12.0 Å². The Labute approximate surface area is 118 Å². The fraction of sp³-hybridized carbons (Fsp3) is 0.250. The molecule has 1 nitrogen and oxygen atoms in total. The Bertz CT molecular complexity index is 528. The third kappa shape index (κ3) is 4.34. The molecule has 0 spiro atoms. The Morgan fingerprint density at radius 2 is 1.89 bits per heavy atom. The number of rotatable bonds is 5. The average molecular weight is 278 g/mol. The summed E-state index contributed by atoms with van der Waals surface area (Å²) >= 11 is 6.03. The second-order valence-electron chi connectivity index (χ2n) is 4.71. The fourth-order valence-electron chi connectivity index (χ4n) is 2.00. The molecule has 1 N–H and O–H groups in total. The number of halogens is 2. The summed E-state index contributed by atoms with van der Waals surface area (Å²) in [6.07, 6.45) is 0.938. The summed E-state index contributed by atoms with van der Waals surface area (Å²) in [6.45, 7) is 2.69. The van der Waals surface area contributed by atoms with Crippen molar-refractivity contribution in [2.75, 3.05) is 0 Å². The van der Waals surface area contributed by atoms with Gasteiger partial charge < -0.3 is 5.32 Å². The van der Waals surface area contributed by atoms with E-state index in [0.29, 0.717) is 17.6 Å². The molecule has 1 unspecified atom stereocenters. The van der Waals surface area contributed by atoms with E-state index in [1.165, 1.54) is 17.7 Å². The number of nitrogens with one attached hydrogen (secondary N) is 1. The average Bonchev–Trinajstić information content (AvgIpc) is 2.41. The molecule has 19 heavy (non-hydrogen) atoms. The Balaban J connectivity index is 1.90. The highest BCUT2D eigenvalue weighted by molar-refractivity contribution is 6.31. The van der Waals surface area contributed by atoms with Gasteiger partial charge in [-0.05, 0) is 42.7 Å². The van der Waals surface area contributed by atoms with Gasteiger partial charge in [0, 0.05) is 17.6 Å². The monoisotopic (exact) mass is 277 g/mol. The number of hydrogen-bond acceptors (Lipinski definition) is 1. The Morgan fingerprint density at radius 3 is 2.63 bits per heavy atom. The van der Waals surface area contributed by atoms with Crippen LogP contribution in [0.4, 0.5) is 4.39 Å². The molecular weight excluding hydrogens is 261 g/mol. The third-order valence-electron chi connectivity index (χ3n) is 3.03. The first-order valence-corrected chi connectivity index (χ1v) is 6.74. The Hall–Kier alpha value is -1.38. The molecule has 0 saturated heterocycles. The van der Waals surface area contributed by atoms with Crippen molar-refractivity contribution >= 4 is 11.6 Å². The minimum Gasteiger partial charge on any atom is -0.310 e. The summed E-state index contributed by atoms with van der Waals surface area (Å²) in [5.41, 5.74) is 2.08. The number of benzene rings is 2. The van der Waals surface area contributed by atoms with Crippen LogP contribution in [0.1, 0.15) is 18.1 Å². The summed E-state index contributed by atoms with van der Waals surface area (Å²) in [6, 6.07) is 15.0. The van der Waals surface area contributed by atoms with Crippen molar-refractivity contribution in [2.45, 2.75) is 25.9 Å². The van der Waals surface area contributed by atoms with Gasteiger partial charge in [-0.15, -0.1) is 0 Å². The lowest BCUT2D eigenvalue weighted by Gasteiger charge is -2.14. The van der Waals surface area contributed by atoms with Gasteiger partial charge in [0.05, 0.1) is 0 Å². The predicted octanol–water partition coefficient (Wildman–Crippen LogP) is 4.20. The van der Waals surface area contributed by atoms with Crippen LogP contribution in [0, 0.1) is 5.82 Å². The molecule has 0 aromatic heterocycles. The van der Waals surface area contributed by atoms with E-state index >= 15 is 0 Å². The summed E-state index contributed by atoms with van der Waals surface area (Å²) in [5, 5.41) is 3.96. The van der Waals surface area contributed by atoms with Crippen molar-refractivity contribution in [3.05, 3.63) is 70.5 Å². The lowest BCUT2D eigenvalue weighted by molar-refractivity contribution is 0.542. The Kier molecular flexibility index (Phi) is 4.94. The van der Waals surface area contributed by atoms with Crippen molar-refractivity contribution < 1.29 is 4.39 Å². The van der Waals surface area contributed by atoms with Gasteiger partial charge in [-0.1, -0.05) is 41.9 Å². The largest absolute Gasteiger partial charge is 0.310 e. The standard InChI is InChI=1S/C16H17ClFN/c1-12(9-13-5-3-2-4-6-13)19-11-14-10-15(18)7-8-16(14)17/h2-8,10,12,19H,9,11H2,1H3. The molecule has 2 aromatic carbocycles. The van der Waals surface area contributed by atoms with Crippen molar-refractivity contribution in [1.82, 2.24) is 5.32 Å². The minimum atomic E-state index is -0.253. The second-order valence-corrected chi connectivity index (χ2v) is 5.11. The maximum Gasteiger partial charge on any atom is 0.123 e. The summed E-state index contributed by atoms with van der Waals surface area (Å²) < 4.78 is 13.1. The smallest absolute Gasteiger partial charge is 0.123 e. The molecule has 2 rings (SSSR count). The summed E-state index contributed by atoms with van der Waals surface area (Å²) in [4.78, 5) is 0. The molecule has 0 aliphatic carbocycles. The summed E-state index contributed by atoms with van der Waals surface area (Å²) in [7, 11) is 0. The van der Waals surface area contributed by atoms with Crippen LogP contribution in [-0.4, -0.2) is 6.04 Å². The van der Waals surface area contributed by atoms with E-state index in [4.69, 9.17) is 11.6 Å². The van der Waals surface area contributed by atoms with Gasteiger partial charge in [0.2, 0.25) is 0 Å². The molecule has 0 bridgehead atoms. The quantitative estimate of drug-likeness (QED) is 0.864. The van der Waals surface area contributed by atoms with E-state index in [2.05, 4.69) is 24.4 Å². The van der Waals surface area contributed by atoms with Gasteiger partial charge in [-0.2, -0.15) is 0 Å². The van der Waals surface area contributed by atoms with Crippen LogP contribution in [-0.2, 0) is 13.0 Å². The zero-order valence-corrected chi connectivity index (χ0v) is 11.6. The highest BCUT2D eigenvalue weighted by Gasteiger charge is 2.06. The van der Waals surface area contributed by atoms with Crippen molar-refractivity contribution in [1.29, 1.82) is 0 Å². The molecule has 0 saturated carbocycles. The van der Waals surface area contributed by atoms with Crippen LogP contribution < -0.4 is 5.32 Å². The SMILES string of the molecule is CC(Cc1ccccc1)NCc1cc(F)ccc1Cl. The van der Waals surface area contributed by atoms with Crippen LogP contribution in [0.2, 0.25) is 5.02 Å². The van der Waals surface area contributed by atoms with Gasteiger partial charge in [-0.25, -0.2) is 4.39 Å². The van der Waals surface area contributed by atoms with Crippen LogP contribution in [0.25, 0.3) is 0 Å². The molecule has 0 amide bonds. The highest BCUT2D eigenvalue weighted by Crippen LogP contribution is 2.17. The van der Waals surface area contributed by atoms with E-state index in [9.17, 15) is 4.39 Å². The van der Waals surface area contributed by atoms with E-state index < -0.39 is 0 Å². The molecule has 0 fully saturated rings. The van der Waals surface area contributed by atoms with Crippen molar-refractivity contribution in [3.8, 4) is 0 Å². The lowest BCUT2D eigenvalue weighted by Crippen LogP contribution is -2.27. The van der Waals surface area contributed by atoms with Crippen molar-refractivity contribution in [3.63, 3.8) is 0 Å². The molecule has 0 aliphatic rings. The predicted molar refractivity (Wildman–Crippen MR) is 77.9 cm³/mol. The van der Waals surface area contributed by atoms with Gasteiger partial charge >= 0.3 is 0 Å². The van der Waals surface area contributed by atoms with Crippen LogP contribution in [0.3, 0.4) is 0 Å². The molecular formula is C16H17ClFN. The topological polar surface area (TPSA) is 12.0 Å². The first-order chi connectivity index (χ1) is 9.15. The van der Waals surface area contributed by atoms with Crippen LogP contribution >= 0.6 is 11.6 Å². The lowest BCUT2D eigenvalue weighted by atomic mass is 10.1. The van der Waals surface area contributed by atoms with E-state index in [1.807, 2.05) is 18.2 Å². The van der Waals surface area contributed by atoms with Gasteiger partial charge in [0.15, 0.2) is 0 Å². The molecule has 0 aliphatic heterocycles. The molecule has 3 heteroatoms. The van der Waals surface area contributed by atoms with E-state index in [-0.39, 0.29) is 5.82 Å². The van der Waals surface area contributed by atoms with Crippen LogP contribution in [0.5, 0.6) is 0 Å². The van der Waals surface area contributed by atoms with Gasteiger partial charge in [0.1, 0.15) is 5.82 Å². The first-order valence-electron chi connectivity index (χ1n) is 6.36. The molecule has 1 atom stereocenters. The number of hydrogen-bond donors (Lipinski definition) is 1. The zero-order chi connectivity index (χ0) is 13.7. The van der Waals surface area contributed by atoms with Gasteiger partial charge in [0.25, 0.3) is 0 Å². The fourth-order valence-corrected chi connectivity index (χ4v) is 2.19. The minimum absolute atomic E-state index is 0.253. The zero-order valence-electron chi connectivity index (χ0n) is 10.9.